The second-order valence-electron chi connectivity index (χ2n) is 6.60. The van der Waals surface area contributed by atoms with Crippen molar-refractivity contribution in [1.82, 2.24) is 25.6 Å². The van der Waals surface area contributed by atoms with Crippen LogP contribution in [0.2, 0.25) is 0 Å². The molecule has 3 atom stereocenters. The molecule has 156 valence electrons. The molecule has 5 N–H and O–H groups in total. The van der Waals surface area contributed by atoms with Gasteiger partial charge in [0.1, 0.15) is 0 Å². The minimum atomic E-state index is -0.658. The van der Waals surface area contributed by atoms with Crippen molar-refractivity contribution in [3.05, 3.63) is 48.3 Å². The first-order chi connectivity index (χ1) is 14.0. The lowest BCUT2D eigenvalue weighted by atomic mass is 9.83. The SMILES string of the molecule is O=C(N[C@@H]1C[C@@H](C(=O)NCCc2ccncc2)CC[C@H]1O)c1ncc[nH]1.O=CO. The number of H-pyrrole nitrogens is 1. The van der Waals surface area contributed by atoms with Crippen LogP contribution < -0.4 is 10.6 Å². The van der Waals surface area contributed by atoms with E-state index in [1.54, 1.807) is 18.6 Å². The predicted molar refractivity (Wildman–Crippen MR) is 103 cm³/mol. The zero-order valence-electron chi connectivity index (χ0n) is 15.8. The molecule has 0 spiro atoms. The molecule has 1 aliphatic rings. The minimum Gasteiger partial charge on any atom is -0.483 e. The molecule has 0 aromatic carbocycles. The van der Waals surface area contributed by atoms with E-state index >= 15 is 0 Å². The van der Waals surface area contributed by atoms with Gasteiger partial charge in [0.2, 0.25) is 5.91 Å². The molecule has 0 saturated heterocycles. The van der Waals surface area contributed by atoms with Gasteiger partial charge in [0.05, 0.1) is 12.1 Å². The molecule has 3 rings (SSSR count). The number of aromatic amines is 1. The van der Waals surface area contributed by atoms with Crippen molar-refractivity contribution in [2.45, 2.75) is 37.8 Å². The molecule has 0 radical (unpaired) electrons. The monoisotopic (exact) mass is 403 g/mol. The van der Waals surface area contributed by atoms with Gasteiger partial charge in [-0.2, -0.15) is 0 Å². The number of hydrogen-bond acceptors (Lipinski definition) is 6. The fourth-order valence-corrected chi connectivity index (χ4v) is 3.20. The van der Waals surface area contributed by atoms with E-state index in [-0.39, 0.29) is 30.0 Å². The number of carbonyl (C=O) groups is 3. The molecule has 29 heavy (non-hydrogen) atoms. The van der Waals surface area contributed by atoms with E-state index in [0.717, 1.165) is 12.0 Å². The first kappa shape index (κ1) is 22.0. The Kier molecular flexibility index (Phi) is 8.77. The van der Waals surface area contributed by atoms with Crippen molar-refractivity contribution in [1.29, 1.82) is 0 Å². The Bertz CT molecular complexity index is 769. The van der Waals surface area contributed by atoms with Crippen LogP contribution in [0.15, 0.2) is 36.9 Å². The Hall–Kier alpha value is -3.27. The van der Waals surface area contributed by atoms with E-state index in [9.17, 15) is 14.7 Å². The summed E-state index contributed by atoms with van der Waals surface area (Å²) in [4.78, 5) is 43.5. The molecule has 0 unspecified atom stereocenters. The number of aliphatic hydroxyl groups is 1. The van der Waals surface area contributed by atoms with Crippen molar-refractivity contribution < 1.29 is 24.6 Å². The first-order valence-electron chi connectivity index (χ1n) is 9.28. The Labute approximate surface area is 167 Å². The average molecular weight is 403 g/mol. The van der Waals surface area contributed by atoms with Gasteiger partial charge in [-0.3, -0.25) is 19.4 Å². The minimum absolute atomic E-state index is 0.0387. The van der Waals surface area contributed by atoms with Crippen LogP contribution in [0.1, 0.15) is 35.4 Å². The molecule has 2 aromatic rings. The molecular weight excluding hydrogens is 378 g/mol. The Morgan fingerprint density at radius 2 is 1.97 bits per heavy atom. The second kappa shape index (κ2) is 11.5. The van der Waals surface area contributed by atoms with Crippen molar-refractivity contribution in [2.75, 3.05) is 6.54 Å². The normalized spacial score (nSPS) is 20.7. The summed E-state index contributed by atoms with van der Waals surface area (Å²) in [6.45, 7) is 0.297. The van der Waals surface area contributed by atoms with Crippen LogP contribution in [0.3, 0.4) is 0 Å². The number of amides is 2. The number of nitrogens with zero attached hydrogens (tertiary/aromatic N) is 2. The smallest absolute Gasteiger partial charge is 0.290 e. The molecule has 2 amide bonds. The summed E-state index contributed by atoms with van der Waals surface area (Å²) < 4.78 is 0. The fourth-order valence-electron chi connectivity index (χ4n) is 3.20. The lowest BCUT2D eigenvalue weighted by molar-refractivity contribution is -0.127. The third-order valence-electron chi connectivity index (χ3n) is 4.68. The Balaban J connectivity index is 0.000000941. The van der Waals surface area contributed by atoms with Gasteiger partial charge in [-0.05, 0) is 43.4 Å². The maximum Gasteiger partial charge on any atom is 0.290 e. The summed E-state index contributed by atoms with van der Waals surface area (Å²) in [5.41, 5.74) is 1.11. The molecule has 0 aliphatic heterocycles. The quantitative estimate of drug-likeness (QED) is 0.429. The van der Waals surface area contributed by atoms with E-state index in [1.807, 2.05) is 12.1 Å². The highest BCUT2D eigenvalue weighted by atomic mass is 16.3. The number of aromatic nitrogens is 3. The fraction of sp³-hybridized carbons (Fsp3) is 0.421. The van der Waals surface area contributed by atoms with Crippen molar-refractivity contribution in [3.63, 3.8) is 0 Å². The van der Waals surface area contributed by atoms with Gasteiger partial charge >= 0.3 is 0 Å². The maximum absolute atomic E-state index is 12.4. The highest BCUT2D eigenvalue weighted by Gasteiger charge is 2.34. The third kappa shape index (κ3) is 7.00. The Morgan fingerprint density at radius 1 is 1.24 bits per heavy atom. The molecule has 2 heterocycles. The number of pyridine rings is 1. The third-order valence-corrected chi connectivity index (χ3v) is 4.68. The average Bonchev–Trinajstić information content (AvgIpc) is 3.26. The largest absolute Gasteiger partial charge is 0.483 e. The summed E-state index contributed by atoms with van der Waals surface area (Å²) in [6.07, 6.45) is 8.08. The van der Waals surface area contributed by atoms with Crippen LogP contribution in [0.25, 0.3) is 0 Å². The van der Waals surface area contributed by atoms with Gasteiger partial charge in [0.25, 0.3) is 12.4 Å². The van der Waals surface area contributed by atoms with Crippen LogP contribution in [0.5, 0.6) is 0 Å². The second-order valence-corrected chi connectivity index (χ2v) is 6.60. The van der Waals surface area contributed by atoms with Crippen molar-refractivity contribution >= 4 is 18.3 Å². The zero-order valence-corrected chi connectivity index (χ0v) is 15.8. The lowest BCUT2D eigenvalue weighted by Gasteiger charge is -2.33. The van der Waals surface area contributed by atoms with Crippen molar-refractivity contribution in [2.24, 2.45) is 5.92 Å². The van der Waals surface area contributed by atoms with E-state index in [4.69, 9.17) is 9.90 Å². The molecule has 10 nitrogen and oxygen atoms in total. The number of nitrogens with one attached hydrogen (secondary N) is 3. The van der Waals surface area contributed by atoms with E-state index in [2.05, 4.69) is 25.6 Å². The number of aliphatic hydroxyl groups excluding tert-OH is 1. The van der Waals surface area contributed by atoms with E-state index in [1.165, 1.54) is 6.20 Å². The standard InChI is InChI=1S/C18H23N5O3.CH2O2/c24-15-2-1-13(11-14(15)23-18(26)16-20-9-10-21-16)17(25)22-8-5-12-3-6-19-7-4-12;2-1-3/h3-4,6-7,9-10,13-15,24H,1-2,5,8,11H2,(H,20,21)(H,22,25)(H,23,26);1H,(H,2,3)/t13-,14+,15+;/m0./s1. The van der Waals surface area contributed by atoms with Crippen LogP contribution in [0, 0.1) is 5.92 Å². The molecule has 10 heteroatoms. The van der Waals surface area contributed by atoms with Gasteiger partial charge in [-0.25, -0.2) is 4.98 Å². The highest BCUT2D eigenvalue weighted by Crippen LogP contribution is 2.25. The maximum atomic E-state index is 12.4. The van der Waals surface area contributed by atoms with Crippen LogP contribution in [-0.4, -0.2) is 62.1 Å². The molecule has 1 aliphatic carbocycles. The van der Waals surface area contributed by atoms with Gasteiger partial charge < -0.3 is 25.8 Å². The Morgan fingerprint density at radius 3 is 2.62 bits per heavy atom. The summed E-state index contributed by atoms with van der Waals surface area (Å²) in [5, 5.41) is 22.8. The zero-order chi connectivity index (χ0) is 21.1. The molecule has 0 bridgehead atoms. The van der Waals surface area contributed by atoms with E-state index < -0.39 is 12.1 Å². The predicted octanol–water partition coefficient (Wildman–Crippen LogP) is 0.124. The highest BCUT2D eigenvalue weighted by molar-refractivity contribution is 5.90. The van der Waals surface area contributed by atoms with Gasteiger partial charge in [0, 0.05) is 37.3 Å². The topological polar surface area (TPSA) is 157 Å². The van der Waals surface area contributed by atoms with Gasteiger partial charge in [0.15, 0.2) is 5.82 Å². The van der Waals surface area contributed by atoms with Gasteiger partial charge in [-0.1, -0.05) is 0 Å². The van der Waals surface area contributed by atoms with Crippen LogP contribution >= 0.6 is 0 Å². The number of rotatable bonds is 6. The lowest BCUT2D eigenvalue weighted by Crippen LogP contribution is -2.49. The summed E-state index contributed by atoms with van der Waals surface area (Å²) in [5.74, 6) is -0.445. The molecule has 1 fully saturated rings. The van der Waals surface area contributed by atoms with Crippen LogP contribution in [-0.2, 0) is 16.0 Å². The number of hydrogen-bond donors (Lipinski definition) is 5. The molecular formula is C19H25N5O5. The molecule has 1 saturated carbocycles. The summed E-state index contributed by atoms with van der Waals surface area (Å²) in [7, 11) is 0. The van der Waals surface area contributed by atoms with Gasteiger partial charge in [-0.15, -0.1) is 0 Å². The number of imidazole rings is 1. The number of carbonyl (C=O) groups excluding carboxylic acids is 2. The summed E-state index contributed by atoms with van der Waals surface area (Å²) >= 11 is 0. The number of carboxylic acid groups (broad SMARTS) is 1. The van der Waals surface area contributed by atoms with Crippen LogP contribution in [0.4, 0.5) is 0 Å². The van der Waals surface area contributed by atoms with Crippen molar-refractivity contribution in [3.8, 4) is 0 Å². The molecule has 2 aromatic heterocycles. The summed E-state index contributed by atoms with van der Waals surface area (Å²) in [6, 6.07) is 3.38. The first-order valence-corrected chi connectivity index (χ1v) is 9.28. The van der Waals surface area contributed by atoms with E-state index in [0.29, 0.717) is 25.8 Å².